The Morgan fingerprint density at radius 3 is 2.17 bits per heavy atom. The van der Waals surface area contributed by atoms with Gasteiger partial charge >= 0.3 is 5.97 Å². The molecule has 2 aromatic rings. The number of carboxylic acid groups (broad SMARTS) is 1. The molecule has 0 aliphatic carbocycles. The quantitative estimate of drug-likeness (QED) is 0.570. The van der Waals surface area contributed by atoms with Crippen molar-refractivity contribution in [3.63, 3.8) is 0 Å². The number of carboxylic acids is 1. The predicted octanol–water partition coefficient (Wildman–Crippen LogP) is 2.36. The lowest BCUT2D eigenvalue weighted by Gasteiger charge is -2.29. The zero-order valence-corrected chi connectivity index (χ0v) is 16.6. The predicted molar refractivity (Wildman–Crippen MR) is 109 cm³/mol. The van der Waals surface area contributed by atoms with Gasteiger partial charge in [-0.15, -0.1) is 0 Å². The summed E-state index contributed by atoms with van der Waals surface area (Å²) in [5, 5.41) is 15.0. The Morgan fingerprint density at radius 1 is 0.966 bits per heavy atom. The highest BCUT2D eigenvalue weighted by molar-refractivity contribution is 5.96. The second-order valence-electron chi connectivity index (χ2n) is 6.52. The van der Waals surface area contributed by atoms with Crippen molar-refractivity contribution in [3.8, 4) is 5.75 Å². The van der Waals surface area contributed by atoms with Gasteiger partial charge in [-0.05, 0) is 43.2 Å². The first-order valence-electron chi connectivity index (χ1n) is 9.49. The maximum atomic E-state index is 12.2. The SMILES string of the molecule is CCOc1ccc(C(=O)NCC(=O)NCC(CC)(C(=O)O)c2ccccc2)cc1. The smallest absolute Gasteiger partial charge is 0.315 e. The van der Waals surface area contributed by atoms with E-state index in [1.807, 2.05) is 6.92 Å². The molecule has 0 aromatic heterocycles. The van der Waals surface area contributed by atoms with Crippen LogP contribution >= 0.6 is 0 Å². The molecule has 29 heavy (non-hydrogen) atoms. The van der Waals surface area contributed by atoms with E-state index in [2.05, 4.69) is 10.6 Å². The molecule has 0 radical (unpaired) electrons. The first-order chi connectivity index (χ1) is 13.9. The number of amides is 2. The van der Waals surface area contributed by atoms with Crippen LogP contribution in [0.1, 0.15) is 36.2 Å². The van der Waals surface area contributed by atoms with Crippen molar-refractivity contribution in [2.75, 3.05) is 19.7 Å². The summed E-state index contributed by atoms with van der Waals surface area (Å²) in [6.45, 7) is 3.85. The Labute approximate surface area is 170 Å². The molecular weight excluding hydrogens is 372 g/mol. The van der Waals surface area contributed by atoms with E-state index in [9.17, 15) is 19.5 Å². The van der Waals surface area contributed by atoms with Gasteiger partial charge in [0.1, 0.15) is 11.2 Å². The molecule has 7 nitrogen and oxygen atoms in total. The standard InChI is InChI=1S/C22H26N2O5/c1-3-22(21(27)28,17-8-6-5-7-9-17)15-24-19(25)14-23-20(26)16-10-12-18(13-11-16)29-4-2/h5-13H,3-4,14-15H2,1-2H3,(H,23,26)(H,24,25)(H,27,28). The largest absolute Gasteiger partial charge is 0.494 e. The monoisotopic (exact) mass is 398 g/mol. The summed E-state index contributed by atoms with van der Waals surface area (Å²) in [6, 6.07) is 15.4. The van der Waals surface area contributed by atoms with Crippen molar-refractivity contribution in [1.82, 2.24) is 10.6 Å². The molecule has 154 valence electrons. The van der Waals surface area contributed by atoms with Crippen LogP contribution in [0.2, 0.25) is 0 Å². The molecule has 1 atom stereocenters. The number of carbonyl (C=O) groups excluding carboxylic acids is 2. The molecule has 0 saturated carbocycles. The highest BCUT2D eigenvalue weighted by Crippen LogP contribution is 2.27. The van der Waals surface area contributed by atoms with Gasteiger partial charge in [-0.2, -0.15) is 0 Å². The number of aliphatic carboxylic acids is 1. The van der Waals surface area contributed by atoms with Gasteiger partial charge in [-0.1, -0.05) is 37.3 Å². The Kier molecular flexibility index (Phi) is 7.77. The first kappa shape index (κ1) is 21.9. The molecule has 7 heteroatoms. The van der Waals surface area contributed by atoms with Crippen molar-refractivity contribution in [2.45, 2.75) is 25.7 Å². The summed E-state index contributed by atoms with van der Waals surface area (Å²) in [5.74, 6) is -1.21. The number of rotatable bonds is 10. The third kappa shape index (κ3) is 5.57. The van der Waals surface area contributed by atoms with E-state index >= 15 is 0 Å². The van der Waals surface area contributed by atoms with Gasteiger partial charge in [0.25, 0.3) is 5.91 Å². The molecule has 1 unspecified atom stereocenters. The third-order valence-electron chi connectivity index (χ3n) is 4.76. The number of carbonyl (C=O) groups is 3. The van der Waals surface area contributed by atoms with Crippen LogP contribution in [0, 0.1) is 0 Å². The van der Waals surface area contributed by atoms with Crippen LogP contribution in [0.4, 0.5) is 0 Å². The van der Waals surface area contributed by atoms with Gasteiger partial charge in [0, 0.05) is 12.1 Å². The number of benzene rings is 2. The Bertz CT molecular complexity index is 836. The third-order valence-corrected chi connectivity index (χ3v) is 4.76. The van der Waals surface area contributed by atoms with Crippen molar-refractivity contribution in [3.05, 3.63) is 65.7 Å². The summed E-state index contributed by atoms with van der Waals surface area (Å²) >= 11 is 0. The van der Waals surface area contributed by atoms with E-state index in [-0.39, 0.29) is 13.1 Å². The lowest BCUT2D eigenvalue weighted by atomic mass is 9.78. The zero-order valence-electron chi connectivity index (χ0n) is 16.6. The van der Waals surface area contributed by atoms with E-state index in [1.54, 1.807) is 61.5 Å². The minimum absolute atomic E-state index is 0.0688. The molecule has 0 heterocycles. The first-order valence-corrected chi connectivity index (χ1v) is 9.49. The van der Waals surface area contributed by atoms with Gasteiger partial charge in [-0.25, -0.2) is 0 Å². The highest BCUT2D eigenvalue weighted by Gasteiger charge is 2.38. The van der Waals surface area contributed by atoms with Crippen molar-refractivity contribution < 1.29 is 24.2 Å². The summed E-state index contributed by atoms with van der Waals surface area (Å²) in [6.07, 6.45) is 0.311. The van der Waals surface area contributed by atoms with Crippen molar-refractivity contribution >= 4 is 17.8 Å². The van der Waals surface area contributed by atoms with Gasteiger partial charge < -0.3 is 20.5 Å². The van der Waals surface area contributed by atoms with Crippen LogP contribution in [0.5, 0.6) is 5.75 Å². The van der Waals surface area contributed by atoms with E-state index in [1.165, 1.54) is 0 Å². The highest BCUT2D eigenvalue weighted by atomic mass is 16.5. The zero-order chi connectivity index (χ0) is 21.3. The van der Waals surface area contributed by atoms with E-state index in [4.69, 9.17) is 4.74 Å². The minimum atomic E-state index is -1.23. The molecule has 0 fully saturated rings. The fourth-order valence-electron chi connectivity index (χ4n) is 2.98. The second-order valence-corrected chi connectivity index (χ2v) is 6.52. The van der Waals surface area contributed by atoms with E-state index < -0.39 is 23.2 Å². The molecule has 2 rings (SSSR count). The maximum absolute atomic E-state index is 12.2. The van der Waals surface area contributed by atoms with Crippen molar-refractivity contribution in [1.29, 1.82) is 0 Å². The van der Waals surface area contributed by atoms with E-state index in [0.29, 0.717) is 29.9 Å². The number of ether oxygens (including phenoxy) is 1. The molecule has 2 aromatic carbocycles. The molecule has 0 spiro atoms. The van der Waals surface area contributed by atoms with Crippen molar-refractivity contribution in [2.24, 2.45) is 0 Å². The fourth-order valence-corrected chi connectivity index (χ4v) is 2.98. The number of hydrogen-bond acceptors (Lipinski definition) is 4. The van der Waals surface area contributed by atoms with Crippen LogP contribution in [-0.2, 0) is 15.0 Å². The Balaban J connectivity index is 1.94. The summed E-state index contributed by atoms with van der Waals surface area (Å²) in [5.41, 5.74) is -0.205. The van der Waals surface area contributed by atoms with Crippen LogP contribution in [-0.4, -0.2) is 42.6 Å². The lowest BCUT2D eigenvalue weighted by molar-refractivity contribution is -0.144. The fraction of sp³-hybridized carbons (Fsp3) is 0.318. The Hall–Kier alpha value is -3.35. The summed E-state index contributed by atoms with van der Waals surface area (Å²) in [7, 11) is 0. The molecular formula is C22H26N2O5. The number of nitrogens with one attached hydrogen (secondary N) is 2. The van der Waals surface area contributed by atoms with Gasteiger partial charge in [-0.3, -0.25) is 14.4 Å². The van der Waals surface area contributed by atoms with Crippen LogP contribution < -0.4 is 15.4 Å². The number of hydrogen-bond donors (Lipinski definition) is 3. The summed E-state index contributed by atoms with van der Waals surface area (Å²) < 4.78 is 5.33. The van der Waals surface area contributed by atoms with Gasteiger partial charge in [0.05, 0.1) is 13.2 Å². The average Bonchev–Trinajstić information content (AvgIpc) is 2.74. The lowest BCUT2D eigenvalue weighted by Crippen LogP contribution is -2.48. The maximum Gasteiger partial charge on any atom is 0.315 e. The minimum Gasteiger partial charge on any atom is -0.494 e. The van der Waals surface area contributed by atoms with Gasteiger partial charge in [0.2, 0.25) is 5.91 Å². The molecule has 0 bridgehead atoms. The van der Waals surface area contributed by atoms with E-state index in [0.717, 1.165) is 0 Å². The van der Waals surface area contributed by atoms with Crippen LogP contribution in [0.25, 0.3) is 0 Å². The van der Waals surface area contributed by atoms with Crippen LogP contribution in [0.3, 0.4) is 0 Å². The molecule has 2 amide bonds. The second kappa shape index (κ2) is 10.3. The molecule has 3 N–H and O–H groups in total. The topological polar surface area (TPSA) is 105 Å². The molecule has 0 aliphatic heterocycles. The molecule has 0 saturated heterocycles. The Morgan fingerprint density at radius 2 is 1.62 bits per heavy atom. The summed E-state index contributed by atoms with van der Waals surface area (Å²) in [4.78, 5) is 36.3. The van der Waals surface area contributed by atoms with Gasteiger partial charge in [0.15, 0.2) is 0 Å². The molecule has 0 aliphatic rings. The normalized spacial score (nSPS) is 12.5. The average molecular weight is 398 g/mol. The van der Waals surface area contributed by atoms with Crippen LogP contribution in [0.15, 0.2) is 54.6 Å².